The number of nitrogens with zero attached hydrogens (tertiary/aromatic N) is 4. The van der Waals surface area contributed by atoms with Crippen molar-refractivity contribution in [3.05, 3.63) is 71.9 Å². The number of pyridine rings is 1. The molecule has 1 N–H and O–H groups in total. The van der Waals surface area contributed by atoms with Gasteiger partial charge in [-0.3, -0.25) is 14.5 Å². The van der Waals surface area contributed by atoms with Crippen LogP contribution in [0.3, 0.4) is 0 Å². The summed E-state index contributed by atoms with van der Waals surface area (Å²) in [7, 11) is 0. The van der Waals surface area contributed by atoms with E-state index in [9.17, 15) is 14.0 Å². The number of nitrogens with one attached hydrogen (secondary N) is 1. The maximum absolute atomic E-state index is 13.4. The summed E-state index contributed by atoms with van der Waals surface area (Å²) in [5.41, 5.74) is 3.46. The second-order valence-electron chi connectivity index (χ2n) is 8.97. The summed E-state index contributed by atoms with van der Waals surface area (Å²) in [5.74, 6) is -0.316. The van der Waals surface area contributed by atoms with E-state index in [-0.39, 0.29) is 30.4 Å². The number of aromatic nitrogens is 3. The van der Waals surface area contributed by atoms with Gasteiger partial charge in [-0.15, -0.1) is 0 Å². The van der Waals surface area contributed by atoms with Crippen LogP contribution in [0.1, 0.15) is 37.9 Å². The number of likely N-dealkylation sites (tertiary alicyclic amines) is 1. The van der Waals surface area contributed by atoms with Crippen LogP contribution in [-0.2, 0) is 22.5 Å². The van der Waals surface area contributed by atoms with Crippen molar-refractivity contribution in [3.8, 4) is 11.3 Å². The van der Waals surface area contributed by atoms with Gasteiger partial charge in [0.2, 0.25) is 5.91 Å². The van der Waals surface area contributed by atoms with Gasteiger partial charge in [-0.25, -0.2) is 9.18 Å². The molecule has 1 saturated heterocycles. The molecule has 3 heterocycles. The minimum Gasteiger partial charge on any atom is -0.447 e. The quantitative estimate of drug-likeness (QED) is 0.557. The van der Waals surface area contributed by atoms with Gasteiger partial charge in [-0.2, -0.15) is 5.10 Å². The zero-order valence-corrected chi connectivity index (χ0v) is 20.0. The first kappa shape index (κ1) is 24.4. The molecule has 1 aliphatic rings. The molecule has 1 aromatic carbocycles. The molecule has 35 heavy (non-hydrogen) atoms. The van der Waals surface area contributed by atoms with Gasteiger partial charge >= 0.3 is 6.09 Å². The predicted octanol–water partition coefficient (Wildman–Crippen LogP) is 3.80. The number of hydrogen-bond acceptors (Lipinski definition) is 5. The van der Waals surface area contributed by atoms with Crippen LogP contribution in [0.5, 0.6) is 0 Å². The molecule has 2 aromatic heterocycles. The van der Waals surface area contributed by atoms with Crippen molar-refractivity contribution in [3.63, 3.8) is 0 Å². The number of carbonyl (C=O) groups excluding carboxylic acids is 2. The number of halogens is 1. The molecular formula is C26H30FN5O3. The molecule has 9 heteroatoms. The lowest BCUT2D eigenvalue weighted by atomic mass is 10.1. The summed E-state index contributed by atoms with van der Waals surface area (Å²) in [4.78, 5) is 30.8. The van der Waals surface area contributed by atoms with Crippen LogP contribution < -0.4 is 5.32 Å². The fraction of sp³-hybridized carbons (Fsp3) is 0.385. The minimum atomic E-state index is -0.421. The maximum atomic E-state index is 13.4. The van der Waals surface area contributed by atoms with E-state index >= 15 is 0 Å². The molecule has 3 aromatic rings. The van der Waals surface area contributed by atoms with Crippen LogP contribution in [0.15, 0.2) is 54.9 Å². The van der Waals surface area contributed by atoms with Gasteiger partial charge in [0.1, 0.15) is 12.4 Å². The van der Waals surface area contributed by atoms with Gasteiger partial charge in [-0.1, -0.05) is 12.1 Å². The van der Waals surface area contributed by atoms with Gasteiger partial charge in [0.15, 0.2) is 0 Å². The fourth-order valence-electron chi connectivity index (χ4n) is 4.13. The van der Waals surface area contributed by atoms with Crippen LogP contribution >= 0.6 is 0 Å². The Morgan fingerprint density at radius 3 is 2.46 bits per heavy atom. The highest BCUT2D eigenvalue weighted by Crippen LogP contribution is 2.21. The Balaban J connectivity index is 1.43. The Hall–Kier alpha value is -3.75. The van der Waals surface area contributed by atoms with Gasteiger partial charge in [0, 0.05) is 49.2 Å². The highest BCUT2D eigenvalue weighted by atomic mass is 19.1. The van der Waals surface area contributed by atoms with Crippen molar-refractivity contribution >= 4 is 12.0 Å². The topological polar surface area (TPSA) is 89.4 Å². The largest absolute Gasteiger partial charge is 0.447 e. The van der Waals surface area contributed by atoms with E-state index in [1.54, 1.807) is 48.0 Å². The smallest absolute Gasteiger partial charge is 0.407 e. The molecule has 0 bridgehead atoms. The second-order valence-corrected chi connectivity index (χ2v) is 8.97. The second kappa shape index (κ2) is 11.1. The average molecular weight is 480 g/mol. The van der Waals surface area contributed by atoms with E-state index in [1.807, 2.05) is 18.2 Å². The van der Waals surface area contributed by atoms with Crippen molar-refractivity contribution in [1.29, 1.82) is 0 Å². The standard InChI is InChI=1S/C26H30FN5O3/c1-18(2)35-26(34)29-22-9-13-31(14-10-22)25(33)17-32-23(15-19-3-5-21(27)6-4-19)16-24(30-32)20-7-11-28-12-8-20/h3-8,11-12,16,18,22H,9-10,13-15,17H2,1-2H3,(H,29,34). The van der Waals surface area contributed by atoms with Gasteiger partial charge < -0.3 is 15.0 Å². The Labute approximate surface area is 204 Å². The summed E-state index contributed by atoms with van der Waals surface area (Å²) in [6.45, 7) is 4.82. The van der Waals surface area contributed by atoms with Gasteiger partial charge in [0.05, 0.1) is 11.8 Å². The third kappa shape index (κ3) is 6.65. The Bertz CT molecular complexity index is 1140. The Morgan fingerprint density at radius 2 is 1.80 bits per heavy atom. The lowest BCUT2D eigenvalue weighted by Crippen LogP contribution is -2.47. The molecule has 1 fully saturated rings. The number of carbonyl (C=O) groups is 2. The molecule has 4 rings (SSSR count). The average Bonchev–Trinajstić information content (AvgIpc) is 3.23. The molecule has 1 aliphatic heterocycles. The lowest BCUT2D eigenvalue weighted by molar-refractivity contribution is -0.133. The number of piperidine rings is 1. The molecular weight excluding hydrogens is 449 g/mol. The van der Waals surface area contributed by atoms with Gasteiger partial charge in [0.25, 0.3) is 0 Å². The van der Waals surface area contributed by atoms with Crippen molar-refractivity contribution in [2.75, 3.05) is 13.1 Å². The molecule has 0 unspecified atom stereocenters. The summed E-state index contributed by atoms with van der Waals surface area (Å²) >= 11 is 0. The van der Waals surface area contributed by atoms with E-state index in [1.165, 1.54) is 12.1 Å². The number of benzene rings is 1. The van der Waals surface area contributed by atoms with E-state index < -0.39 is 6.09 Å². The number of hydrogen-bond donors (Lipinski definition) is 1. The van der Waals surface area contributed by atoms with Crippen LogP contribution in [-0.4, -0.2) is 56.9 Å². The third-order valence-corrected chi connectivity index (χ3v) is 5.94. The molecule has 0 spiro atoms. The molecule has 0 saturated carbocycles. The zero-order chi connectivity index (χ0) is 24.8. The molecule has 184 valence electrons. The number of ether oxygens (including phenoxy) is 1. The monoisotopic (exact) mass is 479 g/mol. The van der Waals surface area contributed by atoms with E-state index in [0.29, 0.717) is 32.4 Å². The fourth-order valence-corrected chi connectivity index (χ4v) is 4.13. The van der Waals surface area contributed by atoms with Gasteiger partial charge in [-0.05, 0) is 62.6 Å². The van der Waals surface area contributed by atoms with Crippen molar-refractivity contribution in [2.45, 2.75) is 51.8 Å². The number of alkyl carbamates (subject to hydrolysis) is 1. The molecule has 0 aliphatic carbocycles. The Morgan fingerprint density at radius 1 is 1.11 bits per heavy atom. The molecule has 8 nitrogen and oxygen atoms in total. The highest BCUT2D eigenvalue weighted by Gasteiger charge is 2.25. The first-order valence-corrected chi connectivity index (χ1v) is 11.8. The van der Waals surface area contributed by atoms with Crippen LogP contribution in [0.4, 0.5) is 9.18 Å². The molecule has 2 amide bonds. The first-order valence-electron chi connectivity index (χ1n) is 11.8. The normalized spacial score (nSPS) is 14.2. The number of rotatable bonds is 7. The van der Waals surface area contributed by atoms with E-state index in [4.69, 9.17) is 9.84 Å². The van der Waals surface area contributed by atoms with Crippen LogP contribution in [0.2, 0.25) is 0 Å². The summed E-state index contributed by atoms with van der Waals surface area (Å²) in [5, 5.41) is 7.58. The summed E-state index contributed by atoms with van der Waals surface area (Å²) in [6, 6.07) is 12.0. The van der Waals surface area contributed by atoms with Crippen LogP contribution in [0, 0.1) is 5.82 Å². The minimum absolute atomic E-state index is 0.0117. The Kier molecular flexibility index (Phi) is 7.74. The summed E-state index contributed by atoms with van der Waals surface area (Å²) in [6.07, 6.45) is 4.67. The first-order chi connectivity index (χ1) is 16.9. The van der Waals surface area contributed by atoms with Crippen LogP contribution in [0.25, 0.3) is 11.3 Å². The summed E-state index contributed by atoms with van der Waals surface area (Å²) < 4.78 is 20.2. The molecule has 0 atom stereocenters. The predicted molar refractivity (Wildman–Crippen MR) is 129 cm³/mol. The zero-order valence-electron chi connectivity index (χ0n) is 20.0. The van der Waals surface area contributed by atoms with Crippen molar-refractivity contribution in [1.82, 2.24) is 25.0 Å². The number of amides is 2. The SMILES string of the molecule is CC(C)OC(=O)NC1CCN(C(=O)Cn2nc(-c3ccncc3)cc2Cc2ccc(F)cc2)CC1. The lowest BCUT2D eigenvalue weighted by Gasteiger charge is -2.32. The maximum Gasteiger partial charge on any atom is 0.407 e. The van der Waals surface area contributed by atoms with Crippen molar-refractivity contribution < 1.29 is 18.7 Å². The van der Waals surface area contributed by atoms with Crippen molar-refractivity contribution in [2.24, 2.45) is 0 Å². The molecule has 0 radical (unpaired) electrons. The van der Waals surface area contributed by atoms with E-state index in [2.05, 4.69) is 10.3 Å². The highest BCUT2D eigenvalue weighted by molar-refractivity contribution is 5.76. The third-order valence-electron chi connectivity index (χ3n) is 5.94. The van der Waals surface area contributed by atoms with E-state index in [0.717, 1.165) is 22.5 Å².